The minimum absolute atomic E-state index is 0.271. The van der Waals surface area contributed by atoms with Gasteiger partial charge >= 0.3 is 5.97 Å². The highest BCUT2D eigenvalue weighted by Crippen LogP contribution is 2.40. The van der Waals surface area contributed by atoms with E-state index in [1.54, 1.807) is 0 Å². The van der Waals surface area contributed by atoms with Crippen LogP contribution in [-0.4, -0.2) is 41.6 Å². The first-order chi connectivity index (χ1) is 13.8. The van der Waals surface area contributed by atoms with Crippen LogP contribution in [-0.2, 0) is 4.74 Å². The van der Waals surface area contributed by atoms with Crippen molar-refractivity contribution in [2.45, 2.75) is 70.2 Å². The Morgan fingerprint density at radius 2 is 1.48 bits per heavy atom. The van der Waals surface area contributed by atoms with Crippen molar-refractivity contribution in [3.05, 3.63) is 60.2 Å². The average Bonchev–Trinajstić information content (AvgIpc) is 2.89. The number of fused-ring (bicyclic) bond motifs is 2. The Labute approximate surface area is 174 Å². The fourth-order valence-corrected chi connectivity index (χ4v) is 4.85. The Hall–Kier alpha value is -2.33. The van der Waals surface area contributed by atoms with E-state index < -0.39 is 5.60 Å². The third kappa shape index (κ3) is 4.32. The highest BCUT2D eigenvalue weighted by atomic mass is 16.6. The zero-order chi connectivity index (χ0) is 20.6. The molecule has 2 aromatic carbocycles. The topological polar surface area (TPSA) is 32.8 Å². The zero-order valence-corrected chi connectivity index (χ0v) is 18.0. The lowest BCUT2D eigenvalue weighted by Gasteiger charge is -2.43. The Balaban J connectivity index is 1.61. The smallest absolute Gasteiger partial charge is 0.338 e. The number of carbonyl (C=O) groups is 1. The van der Waals surface area contributed by atoms with Gasteiger partial charge in [0.1, 0.15) is 5.60 Å². The van der Waals surface area contributed by atoms with E-state index in [1.165, 1.54) is 31.4 Å². The van der Waals surface area contributed by atoms with Crippen molar-refractivity contribution in [1.82, 2.24) is 4.90 Å². The molecule has 0 aliphatic carbocycles. The van der Waals surface area contributed by atoms with E-state index >= 15 is 0 Å². The Kier molecular flexibility index (Phi) is 5.39. The number of rotatable bonds is 4. The molecule has 4 heteroatoms. The van der Waals surface area contributed by atoms with Crippen LogP contribution in [0.3, 0.4) is 0 Å². The summed E-state index contributed by atoms with van der Waals surface area (Å²) in [5.41, 5.74) is 2.46. The van der Waals surface area contributed by atoms with Gasteiger partial charge in [0.2, 0.25) is 0 Å². The van der Waals surface area contributed by atoms with Crippen molar-refractivity contribution in [3.63, 3.8) is 0 Å². The number of benzene rings is 2. The van der Waals surface area contributed by atoms with Gasteiger partial charge < -0.3 is 14.5 Å². The molecule has 0 aromatic heterocycles. The van der Waals surface area contributed by atoms with Gasteiger partial charge in [-0.3, -0.25) is 0 Å². The Bertz CT molecular complexity index is 827. The monoisotopic (exact) mass is 392 g/mol. The molecule has 0 spiro atoms. The number of piperidine rings is 1. The second-order valence-corrected chi connectivity index (χ2v) is 9.43. The third-order valence-corrected chi connectivity index (χ3v) is 6.25. The van der Waals surface area contributed by atoms with Crippen molar-refractivity contribution in [3.8, 4) is 0 Å². The molecule has 0 radical (unpaired) electrons. The van der Waals surface area contributed by atoms with Gasteiger partial charge in [0.15, 0.2) is 0 Å². The predicted octanol–water partition coefficient (Wildman–Crippen LogP) is 5.41. The predicted molar refractivity (Wildman–Crippen MR) is 118 cm³/mol. The first-order valence-corrected chi connectivity index (χ1v) is 10.7. The summed E-state index contributed by atoms with van der Waals surface area (Å²) in [4.78, 5) is 17.4. The minimum Gasteiger partial charge on any atom is -0.456 e. The molecule has 2 bridgehead atoms. The largest absolute Gasteiger partial charge is 0.456 e. The normalized spacial score (nSPS) is 24.3. The molecule has 3 atom stereocenters. The van der Waals surface area contributed by atoms with E-state index in [2.05, 4.69) is 59.3 Å². The highest BCUT2D eigenvalue weighted by molar-refractivity contribution is 5.90. The summed E-state index contributed by atoms with van der Waals surface area (Å²) >= 11 is 0. The SMILES string of the molecule is CN1[C@@H]2CC[C@H]1C[C@@H](N(c1ccccc1)c1ccc(C(=O)OC(C)(C)C)cc1)C2. The molecule has 0 saturated carbocycles. The van der Waals surface area contributed by atoms with Crippen LogP contribution in [0.25, 0.3) is 0 Å². The lowest BCUT2D eigenvalue weighted by Crippen LogP contribution is -2.47. The summed E-state index contributed by atoms with van der Waals surface area (Å²) in [6.45, 7) is 5.68. The maximum atomic E-state index is 12.4. The van der Waals surface area contributed by atoms with Crippen molar-refractivity contribution < 1.29 is 9.53 Å². The fourth-order valence-electron chi connectivity index (χ4n) is 4.85. The van der Waals surface area contributed by atoms with Crippen molar-refractivity contribution >= 4 is 17.3 Å². The van der Waals surface area contributed by atoms with Gasteiger partial charge in [0, 0.05) is 29.5 Å². The summed E-state index contributed by atoms with van der Waals surface area (Å²) in [7, 11) is 2.28. The van der Waals surface area contributed by atoms with Gasteiger partial charge in [-0.05, 0) is 89.9 Å². The van der Waals surface area contributed by atoms with E-state index in [4.69, 9.17) is 4.74 Å². The number of esters is 1. The van der Waals surface area contributed by atoms with E-state index in [9.17, 15) is 4.79 Å². The Morgan fingerprint density at radius 1 is 0.931 bits per heavy atom. The number of ether oxygens (including phenoxy) is 1. The van der Waals surface area contributed by atoms with E-state index in [-0.39, 0.29) is 5.97 Å². The molecule has 0 unspecified atom stereocenters. The van der Waals surface area contributed by atoms with Crippen LogP contribution < -0.4 is 4.90 Å². The first-order valence-electron chi connectivity index (χ1n) is 10.7. The summed E-state index contributed by atoms with van der Waals surface area (Å²) < 4.78 is 5.52. The Morgan fingerprint density at radius 3 is 2.03 bits per heavy atom. The van der Waals surface area contributed by atoms with Gasteiger partial charge in [-0.1, -0.05) is 18.2 Å². The number of para-hydroxylation sites is 1. The molecule has 0 N–H and O–H groups in total. The molecule has 2 aliphatic rings. The number of hydrogen-bond donors (Lipinski definition) is 0. The van der Waals surface area contributed by atoms with Crippen LogP contribution in [0.5, 0.6) is 0 Å². The quantitative estimate of drug-likeness (QED) is 0.652. The molecule has 2 fully saturated rings. The molecule has 4 rings (SSSR count). The molecule has 2 aromatic rings. The minimum atomic E-state index is -0.487. The lowest BCUT2D eigenvalue weighted by molar-refractivity contribution is 0.00696. The van der Waals surface area contributed by atoms with Crippen LogP contribution in [0, 0.1) is 0 Å². The van der Waals surface area contributed by atoms with E-state index in [0.29, 0.717) is 23.7 Å². The summed E-state index contributed by atoms with van der Waals surface area (Å²) in [5, 5.41) is 0. The number of anilines is 2. The summed E-state index contributed by atoms with van der Waals surface area (Å²) in [6, 6.07) is 20.3. The second kappa shape index (κ2) is 7.83. The molecule has 29 heavy (non-hydrogen) atoms. The molecule has 2 aliphatic heterocycles. The molecule has 0 amide bonds. The summed E-state index contributed by atoms with van der Waals surface area (Å²) in [6.07, 6.45) is 4.96. The number of carbonyl (C=O) groups excluding carboxylic acids is 1. The second-order valence-electron chi connectivity index (χ2n) is 9.43. The van der Waals surface area contributed by atoms with Crippen molar-refractivity contribution in [2.75, 3.05) is 11.9 Å². The lowest BCUT2D eigenvalue weighted by atomic mass is 9.95. The van der Waals surface area contributed by atoms with Crippen LogP contribution in [0.15, 0.2) is 54.6 Å². The summed E-state index contributed by atoms with van der Waals surface area (Å²) in [5.74, 6) is -0.271. The third-order valence-electron chi connectivity index (χ3n) is 6.25. The van der Waals surface area contributed by atoms with Crippen molar-refractivity contribution in [2.24, 2.45) is 0 Å². The zero-order valence-electron chi connectivity index (χ0n) is 18.0. The fraction of sp³-hybridized carbons (Fsp3) is 0.480. The first kappa shape index (κ1) is 20.0. The van der Waals surface area contributed by atoms with E-state index in [1.807, 2.05) is 32.9 Å². The van der Waals surface area contributed by atoms with Gasteiger partial charge in [-0.25, -0.2) is 4.79 Å². The molecule has 2 heterocycles. The van der Waals surface area contributed by atoms with Crippen molar-refractivity contribution in [1.29, 1.82) is 0 Å². The molecular formula is C25H32N2O2. The van der Waals surface area contributed by atoms with Crippen LogP contribution in [0.2, 0.25) is 0 Å². The average molecular weight is 393 g/mol. The maximum Gasteiger partial charge on any atom is 0.338 e. The van der Waals surface area contributed by atoms with E-state index in [0.717, 1.165) is 5.69 Å². The van der Waals surface area contributed by atoms with Crippen LogP contribution in [0.4, 0.5) is 11.4 Å². The van der Waals surface area contributed by atoms with Gasteiger partial charge in [0.25, 0.3) is 0 Å². The molecular weight excluding hydrogens is 360 g/mol. The molecule has 154 valence electrons. The number of nitrogens with zero attached hydrogens (tertiary/aromatic N) is 2. The van der Waals surface area contributed by atoms with Crippen LogP contribution >= 0.6 is 0 Å². The maximum absolute atomic E-state index is 12.4. The van der Waals surface area contributed by atoms with Gasteiger partial charge in [-0.2, -0.15) is 0 Å². The molecule has 2 saturated heterocycles. The highest BCUT2D eigenvalue weighted by Gasteiger charge is 2.40. The van der Waals surface area contributed by atoms with Gasteiger partial charge in [-0.15, -0.1) is 0 Å². The number of hydrogen-bond acceptors (Lipinski definition) is 4. The molecule has 4 nitrogen and oxygen atoms in total. The van der Waals surface area contributed by atoms with Gasteiger partial charge in [0.05, 0.1) is 5.56 Å². The van der Waals surface area contributed by atoms with Crippen LogP contribution in [0.1, 0.15) is 56.8 Å². The standard InChI is InChI=1S/C25H32N2O2/c1-25(2,3)29-24(28)18-10-12-20(13-11-18)27(19-8-6-5-7-9-19)23-16-21-14-15-22(17-23)26(21)4/h5-13,21-23H,14-17H2,1-4H3/t21-,22+,23+.